The fourth-order valence-electron chi connectivity index (χ4n) is 2.33. The summed E-state index contributed by atoms with van der Waals surface area (Å²) < 4.78 is 6.84. The van der Waals surface area contributed by atoms with Crippen LogP contribution in [0.5, 0.6) is 0 Å². The SMILES string of the molecule is CC(C)N(CC(=O)O)C(C)c1cc2cc(Br)ccc2o1. The largest absolute Gasteiger partial charge is 0.480 e. The van der Waals surface area contributed by atoms with E-state index < -0.39 is 5.97 Å². The zero-order chi connectivity index (χ0) is 14.9. The normalized spacial score (nSPS) is 13.3. The number of aliphatic carboxylic acids is 1. The third-order valence-electron chi connectivity index (χ3n) is 3.39. The number of furan rings is 1. The van der Waals surface area contributed by atoms with Crippen LogP contribution < -0.4 is 0 Å². The zero-order valence-electron chi connectivity index (χ0n) is 11.8. The van der Waals surface area contributed by atoms with Crippen molar-refractivity contribution in [2.75, 3.05) is 6.54 Å². The number of fused-ring (bicyclic) bond motifs is 1. The average Bonchev–Trinajstić information content (AvgIpc) is 2.77. The lowest BCUT2D eigenvalue weighted by atomic mass is 10.1. The number of rotatable bonds is 5. The summed E-state index contributed by atoms with van der Waals surface area (Å²) in [4.78, 5) is 12.9. The van der Waals surface area contributed by atoms with Gasteiger partial charge in [-0.15, -0.1) is 0 Å². The van der Waals surface area contributed by atoms with Crippen molar-refractivity contribution < 1.29 is 14.3 Å². The monoisotopic (exact) mass is 339 g/mol. The molecule has 4 nitrogen and oxygen atoms in total. The number of carbonyl (C=O) groups is 1. The van der Waals surface area contributed by atoms with Crippen LogP contribution in [0, 0.1) is 0 Å². The first-order chi connectivity index (χ1) is 9.38. The highest BCUT2D eigenvalue weighted by atomic mass is 79.9. The molecular formula is C15H18BrNO3. The number of benzene rings is 1. The maximum atomic E-state index is 11.0. The Balaban J connectivity index is 2.33. The van der Waals surface area contributed by atoms with Crippen LogP contribution >= 0.6 is 15.9 Å². The lowest BCUT2D eigenvalue weighted by molar-refractivity contribution is -0.139. The summed E-state index contributed by atoms with van der Waals surface area (Å²) in [6.07, 6.45) is 0. The lowest BCUT2D eigenvalue weighted by Crippen LogP contribution is -2.37. The topological polar surface area (TPSA) is 53.7 Å². The van der Waals surface area contributed by atoms with E-state index >= 15 is 0 Å². The van der Waals surface area contributed by atoms with Crippen molar-refractivity contribution in [2.45, 2.75) is 32.9 Å². The summed E-state index contributed by atoms with van der Waals surface area (Å²) in [5.41, 5.74) is 0.814. The van der Waals surface area contributed by atoms with Crippen LogP contribution in [-0.4, -0.2) is 28.6 Å². The van der Waals surface area contributed by atoms with Crippen molar-refractivity contribution in [3.05, 3.63) is 34.5 Å². The van der Waals surface area contributed by atoms with E-state index in [1.165, 1.54) is 0 Å². The minimum absolute atomic E-state index is 0.000424. The van der Waals surface area contributed by atoms with Gasteiger partial charge in [0.05, 0.1) is 12.6 Å². The van der Waals surface area contributed by atoms with Crippen molar-refractivity contribution in [3.63, 3.8) is 0 Å². The number of hydrogen-bond donors (Lipinski definition) is 1. The van der Waals surface area contributed by atoms with Crippen LogP contribution in [0.15, 0.2) is 33.2 Å². The summed E-state index contributed by atoms with van der Waals surface area (Å²) in [7, 11) is 0. The van der Waals surface area contributed by atoms with Crippen molar-refractivity contribution in [2.24, 2.45) is 0 Å². The maximum absolute atomic E-state index is 11.0. The van der Waals surface area contributed by atoms with E-state index in [4.69, 9.17) is 9.52 Å². The highest BCUT2D eigenvalue weighted by molar-refractivity contribution is 9.10. The molecular weight excluding hydrogens is 322 g/mol. The Hall–Kier alpha value is -1.33. The third-order valence-corrected chi connectivity index (χ3v) is 3.88. The summed E-state index contributed by atoms with van der Waals surface area (Å²) in [6, 6.07) is 7.84. The highest BCUT2D eigenvalue weighted by Gasteiger charge is 2.24. The molecule has 0 saturated carbocycles. The average molecular weight is 340 g/mol. The molecule has 1 atom stereocenters. The molecule has 0 radical (unpaired) electrons. The Bertz CT molecular complexity index is 621. The molecule has 0 fully saturated rings. The van der Waals surface area contributed by atoms with E-state index in [1.807, 2.05) is 49.9 Å². The van der Waals surface area contributed by atoms with E-state index in [9.17, 15) is 4.79 Å². The van der Waals surface area contributed by atoms with Gasteiger partial charge in [-0.3, -0.25) is 9.69 Å². The van der Waals surface area contributed by atoms with Gasteiger partial charge in [0.25, 0.3) is 0 Å². The molecule has 5 heteroatoms. The second kappa shape index (κ2) is 5.97. The number of nitrogens with zero attached hydrogens (tertiary/aromatic N) is 1. The number of hydrogen-bond acceptors (Lipinski definition) is 3. The Morgan fingerprint density at radius 1 is 1.35 bits per heavy atom. The number of halogens is 1. The molecule has 1 heterocycles. The van der Waals surface area contributed by atoms with Gasteiger partial charge >= 0.3 is 5.97 Å². The molecule has 0 amide bonds. The first-order valence-corrected chi connectivity index (χ1v) is 7.34. The van der Waals surface area contributed by atoms with E-state index in [-0.39, 0.29) is 18.6 Å². The zero-order valence-corrected chi connectivity index (χ0v) is 13.3. The molecule has 0 bridgehead atoms. The molecule has 0 spiro atoms. The van der Waals surface area contributed by atoms with Crippen molar-refractivity contribution in [1.29, 1.82) is 0 Å². The second-order valence-corrected chi connectivity index (χ2v) is 6.08. The summed E-state index contributed by atoms with van der Waals surface area (Å²) in [6.45, 7) is 5.94. The molecule has 108 valence electrons. The number of carboxylic acids is 1. The second-order valence-electron chi connectivity index (χ2n) is 5.17. The maximum Gasteiger partial charge on any atom is 0.317 e. The van der Waals surface area contributed by atoms with Gasteiger partial charge in [-0.2, -0.15) is 0 Å². The van der Waals surface area contributed by atoms with Gasteiger partial charge in [-0.25, -0.2) is 0 Å². The van der Waals surface area contributed by atoms with Crippen molar-refractivity contribution in [3.8, 4) is 0 Å². The van der Waals surface area contributed by atoms with Gasteiger partial charge in [0.15, 0.2) is 0 Å². The predicted molar refractivity (Wildman–Crippen MR) is 81.8 cm³/mol. The molecule has 0 aliphatic heterocycles. The van der Waals surface area contributed by atoms with Crippen LogP contribution in [0.2, 0.25) is 0 Å². The molecule has 0 aliphatic rings. The van der Waals surface area contributed by atoms with E-state index in [2.05, 4.69) is 15.9 Å². The Morgan fingerprint density at radius 3 is 2.65 bits per heavy atom. The quantitative estimate of drug-likeness (QED) is 0.892. The molecule has 2 aromatic rings. The van der Waals surface area contributed by atoms with E-state index in [1.54, 1.807) is 0 Å². The van der Waals surface area contributed by atoms with Crippen LogP contribution in [0.3, 0.4) is 0 Å². The predicted octanol–water partition coefficient (Wildman–Crippen LogP) is 4.05. The first kappa shape index (κ1) is 15.1. The molecule has 1 N–H and O–H groups in total. The van der Waals surface area contributed by atoms with Crippen molar-refractivity contribution >= 4 is 32.9 Å². The molecule has 2 rings (SSSR count). The lowest BCUT2D eigenvalue weighted by Gasteiger charge is -2.29. The fourth-order valence-corrected chi connectivity index (χ4v) is 2.71. The van der Waals surface area contributed by atoms with Gasteiger partial charge < -0.3 is 9.52 Å². The smallest absolute Gasteiger partial charge is 0.317 e. The highest BCUT2D eigenvalue weighted by Crippen LogP contribution is 2.30. The van der Waals surface area contributed by atoms with Crippen LogP contribution in [0.25, 0.3) is 11.0 Å². The first-order valence-electron chi connectivity index (χ1n) is 6.55. The molecule has 1 aromatic carbocycles. The Labute approximate surface area is 126 Å². The van der Waals surface area contributed by atoms with Gasteiger partial charge in [-0.1, -0.05) is 15.9 Å². The molecule has 0 saturated heterocycles. The Morgan fingerprint density at radius 2 is 2.05 bits per heavy atom. The van der Waals surface area contributed by atoms with Gasteiger partial charge in [0.2, 0.25) is 0 Å². The Kier molecular flexibility index (Phi) is 4.50. The molecule has 20 heavy (non-hydrogen) atoms. The standard InChI is InChI=1S/C15H18BrNO3/c1-9(2)17(8-15(18)19)10(3)14-7-11-6-12(16)4-5-13(11)20-14/h4-7,9-10H,8H2,1-3H3,(H,18,19). The summed E-state index contributed by atoms with van der Waals surface area (Å²) >= 11 is 3.43. The van der Waals surface area contributed by atoms with E-state index in [0.717, 1.165) is 21.2 Å². The summed E-state index contributed by atoms with van der Waals surface area (Å²) in [5, 5.41) is 10.0. The van der Waals surface area contributed by atoms with Gasteiger partial charge in [0, 0.05) is 15.9 Å². The van der Waals surface area contributed by atoms with Crippen LogP contribution in [-0.2, 0) is 4.79 Å². The summed E-state index contributed by atoms with van der Waals surface area (Å²) in [5.74, 6) is -0.0440. The van der Waals surface area contributed by atoms with Gasteiger partial charge in [0.1, 0.15) is 11.3 Å². The fraction of sp³-hybridized carbons (Fsp3) is 0.400. The van der Waals surface area contributed by atoms with Gasteiger partial charge in [-0.05, 0) is 45.0 Å². The molecule has 1 aromatic heterocycles. The van der Waals surface area contributed by atoms with Crippen LogP contribution in [0.1, 0.15) is 32.6 Å². The minimum Gasteiger partial charge on any atom is -0.480 e. The minimum atomic E-state index is -0.829. The van der Waals surface area contributed by atoms with Crippen LogP contribution in [0.4, 0.5) is 0 Å². The molecule has 0 aliphatic carbocycles. The van der Waals surface area contributed by atoms with E-state index in [0.29, 0.717) is 0 Å². The van der Waals surface area contributed by atoms with Crippen molar-refractivity contribution in [1.82, 2.24) is 4.90 Å². The molecule has 1 unspecified atom stereocenters. The number of carboxylic acid groups (broad SMARTS) is 1. The third kappa shape index (κ3) is 3.22.